The molecule has 0 spiro atoms. The van der Waals surface area contributed by atoms with E-state index in [1.807, 2.05) is 30.1 Å². The first-order valence-electron chi connectivity index (χ1n) is 9.67. The van der Waals surface area contributed by atoms with Gasteiger partial charge in [0.15, 0.2) is 0 Å². The highest BCUT2D eigenvalue weighted by Crippen LogP contribution is 2.29. The average molecular weight is 369 g/mol. The molecule has 1 saturated heterocycles. The normalized spacial score (nSPS) is 21.0. The van der Waals surface area contributed by atoms with Crippen LogP contribution in [0.3, 0.4) is 0 Å². The number of hydrogen-bond donors (Lipinski definition) is 1. The Balaban J connectivity index is 1.45. The van der Waals surface area contributed by atoms with Gasteiger partial charge in [-0.05, 0) is 30.4 Å². The van der Waals surface area contributed by atoms with E-state index in [0.717, 1.165) is 62.6 Å². The molecule has 7 nitrogen and oxygen atoms in total. The van der Waals surface area contributed by atoms with Gasteiger partial charge in [0.05, 0.1) is 23.6 Å². The molecule has 4 rings (SSSR count). The number of hydrogen-bond acceptors (Lipinski definition) is 5. The monoisotopic (exact) mass is 369 g/mol. The van der Waals surface area contributed by atoms with E-state index >= 15 is 0 Å². The van der Waals surface area contributed by atoms with Crippen molar-refractivity contribution >= 4 is 5.91 Å². The first kappa shape index (κ1) is 18.1. The predicted octanol–water partition coefficient (Wildman–Crippen LogP) is 1.46. The van der Waals surface area contributed by atoms with E-state index in [9.17, 15) is 4.79 Å². The summed E-state index contributed by atoms with van der Waals surface area (Å²) in [5.41, 5.74) is 3.07. The zero-order valence-electron chi connectivity index (χ0n) is 15.8. The van der Waals surface area contributed by atoms with E-state index in [1.165, 1.54) is 0 Å². The fraction of sp³-hybridized carbons (Fsp3) is 0.550. The maximum absolute atomic E-state index is 13.0. The van der Waals surface area contributed by atoms with Gasteiger partial charge in [0.25, 0.3) is 0 Å². The van der Waals surface area contributed by atoms with Crippen LogP contribution in [0.25, 0.3) is 0 Å². The van der Waals surface area contributed by atoms with Gasteiger partial charge in [0.2, 0.25) is 5.91 Å². The second-order valence-corrected chi connectivity index (χ2v) is 7.57. The molecule has 2 aliphatic heterocycles. The summed E-state index contributed by atoms with van der Waals surface area (Å²) < 4.78 is 7.47. The Morgan fingerprint density at radius 2 is 2.22 bits per heavy atom. The van der Waals surface area contributed by atoms with E-state index in [0.29, 0.717) is 12.5 Å². The molecule has 144 valence electrons. The molecule has 1 unspecified atom stereocenters. The molecule has 1 fully saturated rings. The lowest BCUT2D eigenvalue weighted by atomic mass is 9.94. The van der Waals surface area contributed by atoms with Gasteiger partial charge in [-0.3, -0.25) is 14.7 Å². The minimum Gasteiger partial charge on any atom is -0.381 e. The number of aromatic nitrogens is 3. The van der Waals surface area contributed by atoms with Crippen molar-refractivity contribution in [3.8, 4) is 0 Å². The van der Waals surface area contributed by atoms with Crippen molar-refractivity contribution in [3.63, 3.8) is 0 Å². The first-order valence-corrected chi connectivity index (χ1v) is 9.67. The van der Waals surface area contributed by atoms with Gasteiger partial charge in [-0.2, -0.15) is 0 Å². The van der Waals surface area contributed by atoms with Crippen molar-refractivity contribution in [1.29, 1.82) is 0 Å². The molecule has 1 N–H and O–H groups in total. The number of nitrogens with one attached hydrogen (secondary N) is 1. The molecule has 2 aromatic rings. The third kappa shape index (κ3) is 4.20. The van der Waals surface area contributed by atoms with E-state index in [2.05, 4.69) is 20.2 Å². The number of nitrogens with zero attached hydrogens (tertiary/aromatic N) is 4. The molecule has 1 atom stereocenters. The molecular formula is C20H27N5O2. The molecule has 4 heterocycles. The number of imidazole rings is 1. The van der Waals surface area contributed by atoms with E-state index < -0.39 is 0 Å². The molecule has 0 aromatic carbocycles. The Bertz CT molecular complexity index is 770. The number of carbonyl (C=O) groups is 1. The van der Waals surface area contributed by atoms with E-state index in [-0.39, 0.29) is 11.8 Å². The fourth-order valence-electron chi connectivity index (χ4n) is 4.13. The Kier molecular flexibility index (Phi) is 5.50. The van der Waals surface area contributed by atoms with Gasteiger partial charge in [-0.25, -0.2) is 4.98 Å². The van der Waals surface area contributed by atoms with Crippen LogP contribution in [0.2, 0.25) is 0 Å². The van der Waals surface area contributed by atoms with Crippen molar-refractivity contribution in [1.82, 2.24) is 24.8 Å². The van der Waals surface area contributed by atoms with Crippen LogP contribution in [-0.2, 0) is 29.7 Å². The molecule has 0 aliphatic carbocycles. The second kappa shape index (κ2) is 8.19. The first-order chi connectivity index (χ1) is 13.2. The van der Waals surface area contributed by atoms with Crippen LogP contribution in [0, 0.1) is 5.92 Å². The van der Waals surface area contributed by atoms with Crippen LogP contribution in [-0.4, -0.2) is 51.6 Å². The molecule has 2 aromatic heterocycles. The summed E-state index contributed by atoms with van der Waals surface area (Å²) in [5, 5.41) is 3.08. The van der Waals surface area contributed by atoms with Crippen molar-refractivity contribution in [2.45, 2.75) is 31.8 Å². The van der Waals surface area contributed by atoms with Crippen molar-refractivity contribution < 1.29 is 9.53 Å². The summed E-state index contributed by atoms with van der Waals surface area (Å²) in [6.07, 6.45) is 7.55. The summed E-state index contributed by atoms with van der Waals surface area (Å²) in [7, 11) is 1.97. The highest BCUT2D eigenvalue weighted by Gasteiger charge is 2.34. The maximum Gasteiger partial charge on any atom is 0.230 e. The van der Waals surface area contributed by atoms with Gasteiger partial charge in [-0.15, -0.1) is 0 Å². The lowest BCUT2D eigenvalue weighted by Gasteiger charge is -2.35. The Morgan fingerprint density at radius 1 is 1.37 bits per heavy atom. The summed E-state index contributed by atoms with van der Waals surface area (Å²) in [6.45, 7) is 4.76. The van der Waals surface area contributed by atoms with Crippen LogP contribution < -0.4 is 5.32 Å². The SMILES string of the molecule is Cn1cnc2c1C(C(=O)NCc1cccnc1)CN(CC1CCOCC1)C2. The molecule has 0 radical (unpaired) electrons. The molecule has 7 heteroatoms. The zero-order chi connectivity index (χ0) is 18.6. The number of rotatable bonds is 5. The smallest absolute Gasteiger partial charge is 0.230 e. The summed E-state index contributed by atoms with van der Waals surface area (Å²) >= 11 is 0. The minimum absolute atomic E-state index is 0.0559. The van der Waals surface area contributed by atoms with Crippen molar-refractivity contribution in [2.24, 2.45) is 13.0 Å². The molecule has 27 heavy (non-hydrogen) atoms. The number of aryl methyl sites for hydroxylation is 1. The molecular weight excluding hydrogens is 342 g/mol. The number of fused-ring (bicyclic) bond motifs is 1. The summed E-state index contributed by atoms with van der Waals surface area (Å²) in [6, 6.07) is 3.86. The van der Waals surface area contributed by atoms with Gasteiger partial charge in [0.1, 0.15) is 0 Å². The number of pyridine rings is 1. The quantitative estimate of drug-likeness (QED) is 0.864. The van der Waals surface area contributed by atoms with Gasteiger partial charge < -0.3 is 14.6 Å². The lowest BCUT2D eigenvalue weighted by Crippen LogP contribution is -2.44. The average Bonchev–Trinajstić information content (AvgIpc) is 3.08. The highest BCUT2D eigenvalue weighted by atomic mass is 16.5. The van der Waals surface area contributed by atoms with E-state index in [1.54, 1.807) is 12.4 Å². The third-order valence-corrected chi connectivity index (χ3v) is 5.57. The Labute approximate surface area is 159 Å². The third-order valence-electron chi connectivity index (χ3n) is 5.57. The van der Waals surface area contributed by atoms with Crippen molar-refractivity contribution in [3.05, 3.63) is 47.8 Å². The topological polar surface area (TPSA) is 72.3 Å². The maximum atomic E-state index is 13.0. The Morgan fingerprint density at radius 3 is 3.00 bits per heavy atom. The zero-order valence-corrected chi connectivity index (χ0v) is 15.8. The molecule has 2 aliphatic rings. The van der Waals surface area contributed by atoms with Crippen LogP contribution in [0.1, 0.15) is 35.7 Å². The van der Waals surface area contributed by atoms with Gasteiger partial charge in [-0.1, -0.05) is 6.07 Å². The number of ether oxygens (including phenoxy) is 1. The molecule has 0 saturated carbocycles. The van der Waals surface area contributed by atoms with Gasteiger partial charge in [0, 0.05) is 58.8 Å². The number of amides is 1. The van der Waals surface area contributed by atoms with Crippen LogP contribution in [0.4, 0.5) is 0 Å². The highest BCUT2D eigenvalue weighted by molar-refractivity contribution is 5.84. The number of carbonyl (C=O) groups excluding carboxylic acids is 1. The Hall–Kier alpha value is -2.25. The largest absolute Gasteiger partial charge is 0.381 e. The minimum atomic E-state index is -0.197. The lowest BCUT2D eigenvalue weighted by molar-refractivity contribution is -0.123. The van der Waals surface area contributed by atoms with Crippen LogP contribution in [0.5, 0.6) is 0 Å². The van der Waals surface area contributed by atoms with Crippen LogP contribution in [0.15, 0.2) is 30.9 Å². The molecule has 1 amide bonds. The molecule has 0 bridgehead atoms. The standard InChI is InChI=1S/C20H27N5O2/c1-24-14-23-18-13-25(11-15-4-7-27-8-5-15)12-17(19(18)24)20(26)22-10-16-3-2-6-21-9-16/h2-3,6,9,14-15,17H,4-5,7-8,10-13H2,1H3,(H,22,26). The summed E-state index contributed by atoms with van der Waals surface area (Å²) in [4.78, 5) is 24.1. The van der Waals surface area contributed by atoms with Gasteiger partial charge >= 0.3 is 0 Å². The fourth-order valence-corrected chi connectivity index (χ4v) is 4.13. The van der Waals surface area contributed by atoms with E-state index in [4.69, 9.17) is 4.74 Å². The van der Waals surface area contributed by atoms with Crippen LogP contribution >= 0.6 is 0 Å². The predicted molar refractivity (Wildman–Crippen MR) is 101 cm³/mol. The summed E-state index contributed by atoms with van der Waals surface area (Å²) in [5.74, 6) is 0.501. The van der Waals surface area contributed by atoms with Crippen molar-refractivity contribution in [2.75, 3.05) is 26.3 Å². The second-order valence-electron chi connectivity index (χ2n) is 7.57.